The lowest BCUT2D eigenvalue weighted by molar-refractivity contribution is -0.123. The van der Waals surface area contributed by atoms with Crippen molar-refractivity contribution in [3.05, 3.63) is 35.4 Å². The molecule has 0 radical (unpaired) electrons. The molecule has 0 aliphatic carbocycles. The van der Waals surface area contributed by atoms with E-state index in [2.05, 4.69) is 5.32 Å². The van der Waals surface area contributed by atoms with Gasteiger partial charge in [-0.15, -0.1) is 11.6 Å². The van der Waals surface area contributed by atoms with Crippen LogP contribution in [0.2, 0.25) is 0 Å². The van der Waals surface area contributed by atoms with E-state index in [1.54, 1.807) is 12.1 Å². The number of amides is 1. The first kappa shape index (κ1) is 13.1. The first-order valence-electron chi connectivity index (χ1n) is 6.19. The molecule has 2 rings (SSSR count). The average molecular weight is 266 g/mol. The largest absolute Gasteiger partial charge is 0.355 e. The molecule has 18 heavy (non-hydrogen) atoms. The van der Waals surface area contributed by atoms with Gasteiger partial charge in [0, 0.05) is 18.0 Å². The van der Waals surface area contributed by atoms with E-state index in [-0.39, 0.29) is 11.7 Å². The van der Waals surface area contributed by atoms with Gasteiger partial charge in [-0.3, -0.25) is 9.59 Å². The van der Waals surface area contributed by atoms with E-state index in [9.17, 15) is 9.59 Å². The van der Waals surface area contributed by atoms with Crippen molar-refractivity contribution in [3.63, 3.8) is 0 Å². The summed E-state index contributed by atoms with van der Waals surface area (Å²) in [6.07, 6.45) is 2.50. The Labute approximate surface area is 112 Å². The maximum atomic E-state index is 12.3. The molecule has 1 heterocycles. The maximum Gasteiger partial charge on any atom is 0.230 e. The Kier molecular flexibility index (Phi) is 4.37. The van der Waals surface area contributed by atoms with Crippen LogP contribution in [0.25, 0.3) is 0 Å². The van der Waals surface area contributed by atoms with E-state index < -0.39 is 5.92 Å². The van der Waals surface area contributed by atoms with Crippen LogP contribution in [0, 0.1) is 5.92 Å². The summed E-state index contributed by atoms with van der Waals surface area (Å²) in [5.41, 5.74) is 1.56. The normalized spacial score (nSPS) is 20.1. The van der Waals surface area contributed by atoms with Crippen LogP contribution in [0.15, 0.2) is 24.3 Å². The van der Waals surface area contributed by atoms with Crippen molar-refractivity contribution in [2.45, 2.75) is 25.1 Å². The van der Waals surface area contributed by atoms with Crippen molar-refractivity contribution < 1.29 is 9.59 Å². The van der Waals surface area contributed by atoms with Crippen LogP contribution in [0.1, 0.15) is 35.2 Å². The molecular weight excluding hydrogens is 250 g/mol. The molecule has 0 bridgehead atoms. The van der Waals surface area contributed by atoms with E-state index in [1.165, 1.54) is 0 Å². The van der Waals surface area contributed by atoms with Crippen LogP contribution in [-0.4, -0.2) is 18.2 Å². The van der Waals surface area contributed by atoms with Gasteiger partial charge in [0.05, 0.1) is 0 Å². The van der Waals surface area contributed by atoms with E-state index in [1.807, 2.05) is 12.1 Å². The monoisotopic (exact) mass is 265 g/mol. The van der Waals surface area contributed by atoms with Crippen molar-refractivity contribution in [1.29, 1.82) is 0 Å². The first-order valence-corrected chi connectivity index (χ1v) is 6.72. The summed E-state index contributed by atoms with van der Waals surface area (Å²) in [7, 11) is 0. The Morgan fingerprint density at radius 1 is 1.28 bits per heavy atom. The molecule has 1 aromatic carbocycles. The molecule has 1 N–H and O–H groups in total. The predicted molar refractivity (Wildman–Crippen MR) is 70.7 cm³/mol. The van der Waals surface area contributed by atoms with Gasteiger partial charge in [0.15, 0.2) is 5.78 Å². The quantitative estimate of drug-likeness (QED) is 0.519. The highest BCUT2D eigenvalue weighted by molar-refractivity contribution is 6.17. The minimum Gasteiger partial charge on any atom is -0.355 e. The number of halogens is 1. The van der Waals surface area contributed by atoms with Crippen molar-refractivity contribution in [3.8, 4) is 0 Å². The Balaban J connectivity index is 2.15. The molecule has 1 atom stereocenters. The summed E-state index contributed by atoms with van der Waals surface area (Å²) in [6, 6.07) is 7.15. The zero-order chi connectivity index (χ0) is 13.0. The highest BCUT2D eigenvalue weighted by Gasteiger charge is 2.28. The smallest absolute Gasteiger partial charge is 0.230 e. The van der Waals surface area contributed by atoms with Crippen LogP contribution >= 0.6 is 11.6 Å². The molecule has 0 aromatic heterocycles. The lowest BCUT2D eigenvalue weighted by Crippen LogP contribution is -2.33. The lowest BCUT2D eigenvalue weighted by Gasteiger charge is -2.12. The highest BCUT2D eigenvalue weighted by Crippen LogP contribution is 2.19. The number of alkyl halides is 1. The minimum absolute atomic E-state index is 0.0875. The van der Waals surface area contributed by atoms with Gasteiger partial charge < -0.3 is 5.32 Å². The highest BCUT2D eigenvalue weighted by atomic mass is 35.5. The van der Waals surface area contributed by atoms with Crippen molar-refractivity contribution in [2.75, 3.05) is 6.54 Å². The number of carbonyl (C=O) groups excluding carboxylic acids is 2. The number of nitrogens with one attached hydrogen (secondary N) is 1. The third-order valence-corrected chi connectivity index (χ3v) is 3.55. The molecule has 1 aliphatic heterocycles. The van der Waals surface area contributed by atoms with Gasteiger partial charge in [-0.2, -0.15) is 0 Å². The average Bonchev–Trinajstić information content (AvgIpc) is 2.63. The first-order chi connectivity index (χ1) is 8.72. The number of carbonyl (C=O) groups is 2. The molecule has 0 spiro atoms. The number of ketones is 1. The van der Waals surface area contributed by atoms with Gasteiger partial charge in [-0.05, 0) is 18.4 Å². The van der Waals surface area contributed by atoms with Crippen LogP contribution < -0.4 is 5.32 Å². The molecule has 1 saturated heterocycles. The fraction of sp³-hybridized carbons (Fsp3) is 0.429. The topological polar surface area (TPSA) is 46.2 Å². The zero-order valence-electron chi connectivity index (χ0n) is 10.1. The minimum atomic E-state index is -0.533. The standard InChI is InChI=1S/C14H16ClNO2/c15-9-10-4-6-11(7-5-10)13(17)12-3-1-2-8-16-14(12)18/h4-7,12H,1-3,8-9H2,(H,16,18). The number of rotatable bonds is 3. The molecule has 0 saturated carbocycles. The number of hydrogen-bond acceptors (Lipinski definition) is 2. The molecule has 96 valence electrons. The molecule has 1 fully saturated rings. The molecule has 1 unspecified atom stereocenters. The van der Waals surface area contributed by atoms with E-state index in [4.69, 9.17) is 11.6 Å². The number of benzene rings is 1. The second-order valence-corrected chi connectivity index (χ2v) is 4.80. The van der Waals surface area contributed by atoms with Gasteiger partial charge >= 0.3 is 0 Å². The SMILES string of the molecule is O=C1NCCCCC1C(=O)c1ccc(CCl)cc1. The van der Waals surface area contributed by atoms with Crippen LogP contribution in [0.4, 0.5) is 0 Å². The maximum absolute atomic E-state index is 12.3. The van der Waals surface area contributed by atoms with Crippen molar-refractivity contribution in [1.82, 2.24) is 5.32 Å². The Morgan fingerprint density at radius 2 is 2.00 bits per heavy atom. The van der Waals surface area contributed by atoms with Crippen LogP contribution in [0.3, 0.4) is 0 Å². The molecule has 4 heteroatoms. The second kappa shape index (κ2) is 6.01. The van der Waals surface area contributed by atoms with E-state index in [0.29, 0.717) is 24.4 Å². The third kappa shape index (κ3) is 2.91. The van der Waals surface area contributed by atoms with Crippen LogP contribution in [-0.2, 0) is 10.7 Å². The van der Waals surface area contributed by atoms with Gasteiger partial charge in [0.25, 0.3) is 0 Å². The Bertz CT molecular complexity index is 442. The van der Waals surface area contributed by atoms with Gasteiger partial charge in [-0.25, -0.2) is 0 Å². The van der Waals surface area contributed by atoms with E-state index in [0.717, 1.165) is 18.4 Å². The summed E-state index contributed by atoms with van der Waals surface area (Å²) >= 11 is 5.70. The fourth-order valence-electron chi connectivity index (χ4n) is 2.15. The summed E-state index contributed by atoms with van der Waals surface area (Å²) in [4.78, 5) is 24.1. The molecular formula is C14H16ClNO2. The summed E-state index contributed by atoms with van der Waals surface area (Å²) in [6.45, 7) is 0.674. The third-order valence-electron chi connectivity index (χ3n) is 3.24. The van der Waals surface area contributed by atoms with Gasteiger partial charge in [0.1, 0.15) is 5.92 Å². The fourth-order valence-corrected chi connectivity index (χ4v) is 2.33. The number of Topliss-reactive ketones (excluding diaryl/α,β-unsaturated/α-hetero) is 1. The Morgan fingerprint density at radius 3 is 2.67 bits per heavy atom. The molecule has 1 aliphatic rings. The summed E-state index contributed by atoms with van der Waals surface area (Å²) in [5, 5.41) is 2.79. The molecule has 3 nitrogen and oxygen atoms in total. The summed E-state index contributed by atoms with van der Waals surface area (Å²) in [5.74, 6) is -0.331. The van der Waals surface area contributed by atoms with E-state index >= 15 is 0 Å². The van der Waals surface area contributed by atoms with Gasteiger partial charge in [0.2, 0.25) is 5.91 Å². The van der Waals surface area contributed by atoms with Crippen LogP contribution in [0.5, 0.6) is 0 Å². The lowest BCUT2D eigenvalue weighted by atomic mass is 9.92. The molecule has 1 amide bonds. The predicted octanol–water partition coefficient (Wildman–Crippen LogP) is 2.52. The second-order valence-electron chi connectivity index (χ2n) is 4.53. The van der Waals surface area contributed by atoms with Crippen molar-refractivity contribution in [2.24, 2.45) is 5.92 Å². The summed E-state index contributed by atoms with van der Waals surface area (Å²) < 4.78 is 0. The van der Waals surface area contributed by atoms with Crippen molar-refractivity contribution >= 4 is 23.3 Å². The number of hydrogen-bond donors (Lipinski definition) is 1. The van der Waals surface area contributed by atoms with Gasteiger partial charge in [-0.1, -0.05) is 30.7 Å². The Hall–Kier alpha value is -1.35. The molecule has 1 aromatic rings. The zero-order valence-corrected chi connectivity index (χ0v) is 10.9.